The molecule has 0 aliphatic rings. The summed E-state index contributed by atoms with van der Waals surface area (Å²) in [7, 11) is -1.82. The average molecular weight is 301 g/mol. The summed E-state index contributed by atoms with van der Waals surface area (Å²) in [5.74, 6) is -0.275. The maximum atomic E-state index is 11.6. The van der Waals surface area contributed by atoms with Gasteiger partial charge in [0.2, 0.25) is 10.0 Å². The first-order chi connectivity index (χ1) is 9.32. The molecular formula is C13H19NO5S. The van der Waals surface area contributed by atoms with Gasteiger partial charge >= 0.3 is 5.97 Å². The topological polar surface area (TPSA) is 83.9 Å². The van der Waals surface area contributed by atoms with Crippen LogP contribution < -0.4 is 4.74 Å². The van der Waals surface area contributed by atoms with Crippen molar-refractivity contribution in [2.75, 3.05) is 26.5 Å². The molecule has 0 spiro atoms. The normalized spacial score (nSPS) is 11.6. The van der Waals surface area contributed by atoms with Crippen molar-refractivity contribution in [3.63, 3.8) is 0 Å². The Balaban J connectivity index is 2.63. The van der Waals surface area contributed by atoms with Gasteiger partial charge in [-0.05, 0) is 24.1 Å². The van der Waals surface area contributed by atoms with E-state index in [1.54, 1.807) is 19.2 Å². The molecule has 20 heavy (non-hydrogen) atoms. The van der Waals surface area contributed by atoms with Crippen molar-refractivity contribution in [3.05, 3.63) is 29.8 Å². The number of carbonyl (C=O) groups is 1. The molecule has 0 heterocycles. The van der Waals surface area contributed by atoms with E-state index in [4.69, 9.17) is 9.84 Å². The second-order valence-corrected chi connectivity index (χ2v) is 6.39. The Bertz CT molecular complexity index is 538. The van der Waals surface area contributed by atoms with E-state index in [9.17, 15) is 13.2 Å². The molecule has 112 valence electrons. The second-order valence-electron chi connectivity index (χ2n) is 4.40. The molecular weight excluding hydrogens is 282 g/mol. The summed E-state index contributed by atoms with van der Waals surface area (Å²) < 4.78 is 29.4. The molecule has 0 saturated heterocycles. The van der Waals surface area contributed by atoms with Crippen molar-refractivity contribution in [3.8, 4) is 5.75 Å². The Morgan fingerprint density at radius 2 is 1.85 bits per heavy atom. The molecule has 6 nitrogen and oxygen atoms in total. The Morgan fingerprint density at radius 1 is 1.25 bits per heavy atom. The molecule has 0 atom stereocenters. The molecule has 1 rings (SSSR count). The van der Waals surface area contributed by atoms with Crippen LogP contribution in [0.1, 0.15) is 12.0 Å². The first-order valence-electron chi connectivity index (χ1n) is 6.13. The van der Waals surface area contributed by atoms with Gasteiger partial charge in [0.05, 0.1) is 19.8 Å². The lowest BCUT2D eigenvalue weighted by Gasteiger charge is -2.19. The summed E-state index contributed by atoms with van der Waals surface area (Å²) in [6.45, 7) is 0.253. The van der Waals surface area contributed by atoms with Crippen molar-refractivity contribution >= 4 is 16.0 Å². The minimum Gasteiger partial charge on any atom is -0.497 e. The molecule has 0 amide bonds. The van der Waals surface area contributed by atoms with Crippen LogP contribution in [0.4, 0.5) is 0 Å². The zero-order valence-corrected chi connectivity index (χ0v) is 12.4. The predicted molar refractivity (Wildman–Crippen MR) is 75.4 cm³/mol. The van der Waals surface area contributed by atoms with Crippen molar-refractivity contribution in [1.82, 2.24) is 4.31 Å². The van der Waals surface area contributed by atoms with Crippen LogP contribution in [0, 0.1) is 0 Å². The molecule has 1 aromatic carbocycles. The highest BCUT2D eigenvalue weighted by Crippen LogP contribution is 2.12. The number of carboxylic acids is 1. The molecule has 1 aromatic rings. The summed E-state index contributed by atoms with van der Waals surface area (Å²) in [6, 6.07) is 7.32. The van der Waals surface area contributed by atoms with Gasteiger partial charge in [-0.3, -0.25) is 4.79 Å². The SMILES string of the molecule is COc1ccc(CCN(CCC(=O)O)S(C)(=O)=O)cc1. The number of rotatable bonds is 8. The molecule has 0 aromatic heterocycles. The number of benzene rings is 1. The van der Waals surface area contributed by atoms with E-state index < -0.39 is 16.0 Å². The number of carboxylic acid groups (broad SMARTS) is 1. The van der Waals surface area contributed by atoms with E-state index in [2.05, 4.69) is 0 Å². The highest BCUT2D eigenvalue weighted by molar-refractivity contribution is 7.88. The fourth-order valence-electron chi connectivity index (χ4n) is 1.71. The van der Waals surface area contributed by atoms with Crippen LogP contribution in [0.3, 0.4) is 0 Å². The fraction of sp³-hybridized carbons (Fsp3) is 0.462. The number of nitrogens with zero attached hydrogens (tertiary/aromatic N) is 1. The third kappa shape index (κ3) is 5.58. The van der Waals surface area contributed by atoms with Crippen molar-refractivity contribution in [2.24, 2.45) is 0 Å². The lowest BCUT2D eigenvalue weighted by atomic mass is 10.1. The van der Waals surface area contributed by atoms with E-state index >= 15 is 0 Å². The maximum absolute atomic E-state index is 11.6. The number of hydrogen-bond donors (Lipinski definition) is 1. The Morgan fingerprint density at radius 3 is 2.30 bits per heavy atom. The van der Waals surface area contributed by atoms with Crippen LogP contribution in [0.25, 0.3) is 0 Å². The van der Waals surface area contributed by atoms with Gasteiger partial charge in [-0.2, -0.15) is 0 Å². The number of aliphatic carboxylic acids is 1. The van der Waals surface area contributed by atoms with E-state index in [0.29, 0.717) is 6.42 Å². The standard InChI is InChI=1S/C13H19NO5S/c1-19-12-5-3-11(4-6-12)7-9-14(20(2,17)18)10-8-13(15)16/h3-6H,7-10H2,1-2H3,(H,15,16). The molecule has 0 aliphatic heterocycles. The van der Waals surface area contributed by atoms with Crippen LogP contribution in [0.15, 0.2) is 24.3 Å². The Hall–Kier alpha value is -1.60. The third-order valence-electron chi connectivity index (χ3n) is 2.85. The quantitative estimate of drug-likeness (QED) is 0.773. The zero-order chi connectivity index (χ0) is 15.2. The molecule has 1 N–H and O–H groups in total. The first-order valence-corrected chi connectivity index (χ1v) is 7.97. The number of hydrogen-bond acceptors (Lipinski definition) is 4. The van der Waals surface area contributed by atoms with Gasteiger partial charge in [-0.1, -0.05) is 12.1 Å². The number of sulfonamides is 1. The summed E-state index contributed by atoms with van der Waals surface area (Å²) in [4.78, 5) is 10.5. The summed E-state index contributed by atoms with van der Waals surface area (Å²) in [5.41, 5.74) is 0.967. The van der Waals surface area contributed by atoms with E-state index in [0.717, 1.165) is 17.6 Å². The molecule has 0 radical (unpaired) electrons. The van der Waals surface area contributed by atoms with Crippen LogP contribution in [0.2, 0.25) is 0 Å². The van der Waals surface area contributed by atoms with Gasteiger partial charge in [0, 0.05) is 13.1 Å². The van der Waals surface area contributed by atoms with E-state index in [1.807, 2.05) is 12.1 Å². The van der Waals surface area contributed by atoms with Crippen molar-refractivity contribution in [1.29, 1.82) is 0 Å². The van der Waals surface area contributed by atoms with E-state index in [1.165, 1.54) is 4.31 Å². The van der Waals surface area contributed by atoms with Gasteiger partial charge in [-0.15, -0.1) is 0 Å². The number of methoxy groups -OCH3 is 1. The van der Waals surface area contributed by atoms with Gasteiger partial charge in [0.1, 0.15) is 5.75 Å². The maximum Gasteiger partial charge on any atom is 0.304 e. The molecule has 7 heteroatoms. The number of ether oxygens (including phenoxy) is 1. The van der Waals surface area contributed by atoms with Crippen LogP contribution in [-0.2, 0) is 21.2 Å². The third-order valence-corrected chi connectivity index (χ3v) is 4.16. The zero-order valence-electron chi connectivity index (χ0n) is 11.6. The van der Waals surface area contributed by atoms with Gasteiger partial charge in [-0.25, -0.2) is 12.7 Å². The van der Waals surface area contributed by atoms with Crippen LogP contribution in [0.5, 0.6) is 5.75 Å². The molecule has 0 unspecified atom stereocenters. The van der Waals surface area contributed by atoms with Gasteiger partial charge in [0.25, 0.3) is 0 Å². The summed E-state index contributed by atoms with van der Waals surface area (Å²) in [5, 5.41) is 8.64. The molecule has 0 aliphatic carbocycles. The second kappa shape index (κ2) is 7.25. The molecule has 0 fully saturated rings. The Labute approximate surface area is 119 Å². The fourth-order valence-corrected chi connectivity index (χ4v) is 2.56. The highest BCUT2D eigenvalue weighted by atomic mass is 32.2. The average Bonchev–Trinajstić information content (AvgIpc) is 2.37. The summed E-state index contributed by atoms with van der Waals surface area (Å²) in [6.07, 6.45) is 1.41. The van der Waals surface area contributed by atoms with Crippen molar-refractivity contribution in [2.45, 2.75) is 12.8 Å². The highest BCUT2D eigenvalue weighted by Gasteiger charge is 2.17. The van der Waals surface area contributed by atoms with Crippen LogP contribution in [-0.4, -0.2) is 50.3 Å². The molecule has 0 bridgehead atoms. The largest absolute Gasteiger partial charge is 0.497 e. The lowest BCUT2D eigenvalue weighted by Crippen LogP contribution is -2.33. The molecule has 0 saturated carbocycles. The summed E-state index contributed by atoms with van der Waals surface area (Å²) >= 11 is 0. The van der Waals surface area contributed by atoms with E-state index in [-0.39, 0.29) is 19.5 Å². The minimum atomic E-state index is -3.40. The smallest absolute Gasteiger partial charge is 0.304 e. The van der Waals surface area contributed by atoms with Gasteiger partial charge < -0.3 is 9.84 Å². The monoisotopic (exact) mass is 301 g/mol. The van der Waals surface area contributed by atoms with Crippen molar-refractivity contribution < 1.29 is 23.1 Å². The predicted octanol–water partition coefficient (Wildman–Crippen LogP) is 0.974. The van der Waals surface area contributed by atoms with Gasteiger partial charge in [0.15, 0.2) is 0 Å². The van der Waals surface area contributed by atoms with Crippen LogP contribution >= 0.6 is 0 Å². The minimum absolute atomic E-state index is 0.00960. The lowest BCUT2D eigenvalue weighted by molar-refractivity contribution is -0.137. The Kier molecular flexibility index (Phi) is 5.97. The first kappa shape index (κ1) is 16.5.